The number of rotatable bonds is 4. The molecule has 0 fully saturated rings. The second kappa shape index (κ2) is 7.16. The molecule has 0 spiro atoms. The van der Waals surface area contributed by atoms with Crippen molar-refractivity contribution in [1.82, 2.24) is 14.1 Å². The number of benzene rings is 3. The number of hydrogen-bond acceptors (Lipinski definition) is 5. The van der Waals surface area contributed by atoms with Gasteiger partial charge < -0.3 is 15.0 Å². The number of methoxy groups -OCH3 is 1. The summed E-state index contributed by atoms with van der Waals surface area (Å²) in [5.41, 5.74) is 11.5. The Balaban J connectivity index is 1.58. The standard InChI is InChI=1S/C25H22N6O/c1-32-17-11-12-21-18(13-17)19(15-30(21)14-16-7-3-2-4-8-16)23-28-24(26)29-25-27-20-9-5-6-10-22(20)31(23)25/h2-13,15,23H,14H2,1H3,(H3,26,27,28,29)/t23-/m0/s1. The van der Waals surface area contributed by atoms with Crippen molar-refractivity contribution in [2.75, 3.05) is 12.4 Å². The maximum absolute atomic E-state index is 6.18. The summed E-state index contributed by atoms with van der Waals surface area (Å²) in [5.74, 6) is 1.85. The van der Waals surface area contributed by atoms with Crippen LogP contribution in [-0.4, -0.2) is 27.2 Å². The minimum absolute atomic E-state index is 0.342. The van der Waals surface area contributed by atoms with E-state index in [0.29, 0.717) is 11.9 Å². The molecular weight excluding hydrogens is 400 g/mol. The molecule has 0 saturated carbocycles. The summed E-state index contributed by atoms with van der Waals surface area (Å²) >= 11 is 0. The van der Waals surface area contributed by atoms with Gasteiger partial charge in [0.15, 0.2) is 12.1 Å². The van der Waals surface area contributed by atoms with E-state index < -0.39 is 0 Å². The highest BCUT2D eigenvalue weighted by atomic mass is 16.5. The second-order valence-corrected chi connectivity index (χ2v) is 7.89. The van der Waals surface area contributed by atoms with Crippen molar-refractivity contribution >= 4 is 33.8 Å². The molecule has 0 amide bonds. The molecular formula is C25H22N6O. The van der Waals surface area contributed by atoms with E-state index in [1.165, 1.54) is 5.56 Å². The molecule has 1 aliphatic heterocycles. The third kappa shape index (κ3) is 2.90. The summed E-state index contributed by atoms with van der Waals surface area (Å²) < 4.78 is 9.90. The Morgan fingerprint density at radius 3 is 2.66 bits per heavy atom. The van der Waals surface area contributed by atoms with Crippen LogP contribution in [0.1, 0.15) is 17.3 Å². The number of para-hydroxylation sites is 2. The first-order chi connectivity index (χ1) is 15.7. The molecule has 7 nitrogen and oxygen atoms in total. The number of imidazole rings is 1. The average molecular weight is 422 g/mol. The highest BCUT2D eigenvalue weighted by molar-refractivity contribution is 5.95. The highest BCUT2D eigenvalue weighted by Crippen LogP contribution is 2.37. The topological polar surface area (TPSA) is 82.4 Å². The molecule has 3 aromatic carbocycles. The first-order valence-corrected chi connectivity index (χ1v) is 10.5. The third-order valence-electron chi connectivity index (χ3n) is 5.93. The summed E-state index contributed by atoms with van der Waals surface area (Å²) in [6.07, 6.45) is 1.83. The largest absolute Gasteiger partial charge is 0.497 e. The Kier molecular flexibility index (Phi) is 4.14. The van der Waals surface area contributed by atoms with Gasteiger partial charge >= 0.3 is 0 Å². The van der Waals surface area contributed by atoms with Gasteiger partial charge in [-0.15, -0.1) is 0 Å². The fraction of sp³-hybridized carbons (Fsp3) is 0.120. The molecule has 0 aliphatic carbocycles. The number of guanidine groups is 1. The molecule has 32 heavy (non-hydrogen) atoms. The van der Waals surface area contributed by atoms with Gasteiger partial charge in [-0.3, -0.25) is 9.88 Å². The minimum atomic E-state index is -0.342. The molecule has 0 bridgehead atoms. The Bertz CT molecular complexity index is 1480. The van der Waals surface area contributed by atoms with Crippen molar-refractivity contribution in [2.45, 2.75) is 12.7 Å². The Morgan fingerprint density at radius 1 is 1.00 bits per heavy atom. The number of nitrogens with two attached hydrogens (primary N) is 1. The predicted molar refractivity (Wildman–Crippen MR) is 127 cm³/mol. The van der Waals surface area contributed by atoms with E-state index in [2.05, 4.69) is 63.1 Å². The van der Waals surface area contributed by atoms with E-state index in [-0.39, 0.29) is 6.17 Å². The lowest BCUT2D eigenvalue weighted by atomic mass is 10.1. The monoisotopic (exact) mass is 422 g/mol. The zero-order chi connectivity index (χ0) is 21.7. The molecule has 5 aromatic rings. The molecule has 6 rings (SSSR count). The van der Waals surface area contributed by atoms with Crippen LogP contribution in [-0.2, 0) is 6.54 Å². The molecule has 7 heteroatoms. The van der Waals surface area contributed by atoms with E-state index in [1.54, 1.807) is 7.11 Å². The maximum Gasteiger partial charge on any atom is 0.212 e. The van der Waals surface area contributed by atoms with Crippen LogP contribution in [0.2, 0.25) is 0 Å². The molecule has 0 unspecified atom stereocenters. The lowest BCUT2D eigenvalue weighted by Crippen LogP contribution is -2.31. The van der Waals surface area contributed by atoms with Gasteiger partial charge in [-0.1, -0.05) is 42.5 Å². The summed E-state index contributed by atoms with van der Waals surface area (Å²) in [7, 11) is 1.68. The normalized spacial score (nSPS) is 15.4. The molecule has 3 N–H and O–H groups in total. The molecule has 3 heterocycles. The number of fused-ring (bicyclic) bond motifs is 4. The Hall–Kier alpha value is -4.26. The van der Waals surface area contributed by atoms with Crippen molar-refractivity contribution in [2.24, 2.45) is 10.7 Å². The highest BCUT2D eigenvalue weighted by Gasteiger charge is 2.28. The minimum Gasteiger partial charge on any atom is -0.497 e. The second-order valence-electron chi connectivity index (χ2n) is 7.89. The van der Waals surface area contributed by atoms with Crippen molar-refractivity contribution in [3.63, 3.8) is 0 Å². The quantitative estimate of drug-likeness (QED) is 0.452. The predicted octanol–water partition coefficient (Wildman–Crippen LogP) is 4.34. The molecule has 1 aliphatic rings. The van der Waals surface area contributed by atoms with Gasteiger partial charge in [0.05, 0.1) is 18.1 Å². The zero-order valence-electron chi connectivity index (χ0n) is 17.6. The SMILES string of the molecule is COc1ccc2c(c1)c([C@H]1N=C(N)Nc3nc4ccccc4n31)cn2Cc1ccccc1. The van der Waals surface area contributed by atoms with E-state index in [9.17, 15) is 0 Å². The van der Waals surface area contributed by atoms with Crippen LogP contribution in [0.4, 0.5) is 5.95 Å². The van der Waals surface area contributed by atoms with Gasteiger partial charge in [-0.05, 0) is 35.9 Å². The van der Waals surface area contributed by atoms with E-state index in [1.807, 2.05) is 30.3 Å². The van der Waals surface area contributed by atoms with Crippen LogP contribution in [0.25, 0.3) is 21.9 Å². The van der Waals surface area contributed by atoms with Gasteiger partial charge in [-0.25, -0.2) is 9.98 Å². The number of ether oxygens (including phenoxy) is 1. The van der Waals surface area contributed by atoms with E-state index >= 15 is 0 Å². The van der Waals surface area contributed by atoms with Gasteiger partial charge in [0, 0.05) is 29.2 Å². The van der Waals surface area contributed by atoms with Crippen LogP contribution in [0, 0.1) is 0 Å². The summed E-state index contributed by atoms with van der Waals surface area (Å²) in [5, 5.41) is 4.19. The van der Waals surface area contributed by atoms with Gasteiger partial charge in [-0.2, -0.15) is 0 Å². The van der Waals surface area contributed by atoms with Crippen molar-refractivity contribution in [3.05, 3.63) is 90.1 Å². The van der Waals surface area contributed by atoms with E-state index in [4.69, 9.17) is 20.4 Å². The fourth-order valence-electron chi connectivity index (χ4n) is 4.47. The van der Waals surface area contributed by atoms with Crippen LogP contribution in [0.15, 0.2) is 84.0 Å². The first kappa shape index (κ1) is 18.5. The number of nitrogens with zero attached hydrogens (tertiary/aromatic N) is 4. The van der Waals surface area contributed by atoms with Gasteiger partial charge in [0.1, 0.15) is 5.75 Å². The molecule has 2 aromatic heterocycles. The maximum atomic E-state index is 6.18. The van der Waals surface area contributed by atoms with Crippen LogP contribution in [0.3, 0.4) is 0 Å². The summed E-state index contributed by atoms with van der Waals surface area (Å²) in [6, 6.07) is 24.6. The van der Waals surface area contributed by atoms with E-state index in [0.717, 1.165) is 39.8 Å². The number of aliphatic imine (C=N–C) groups is 1. The summed E-state index contributed by atoms with van der Waals surface area (Å²) in [6.45, 7) is 0.755. The number of anilines is 1. The number of nitrogens with one attached hydrogen (secondary N) is 1. The van der Waals surface area contributed by atoms with Gasteiger partial charge in [0.25, 0.3) is 0 Å². The lowest BCUT2D eigenvalue weighted by Gasteiger charge is -2.23. The smallest absolute Gasteiger partial charge is 0.212 e. The average Bonchev–Trinajstić information content (AvgIpc) is 3.37. The lowest BCUT2D eigenvalue weighted by molar-refractivity contribution is 0.415. The number of aromatic nitrogens is 3. The van der Waals surface area contributed by atoms with Crippen molar-refractivity contribution < 1.29 is 4.74 Å². The summed E-state index contributed by atoms with van der Waals surface area (Å²) in [4.78, 5) is 9.52. The molecule has 0 radical (unpaired) electrons. The van der Waals surface area contributed by atoms with Crippen LogP contribution >= 0.6 is 0 Å². The van der Waals surface area contributed by atoms with Crippen molar-refractivity contribution in [1.29, 1.82) is 0 Å². The third-order valence-corrected chi connectivity index (χ3v) is 5.93. The Morgan fingerprint density at radius 2 is 1.81 bits per heavy atom. The molecule has 0 saturated heterocycles. The zero-order valence-corrected chi connectivity index (χ0v) is 17.6. The van der Waals surface area contributed by atoms with Gasteiger partial charge in [0.2, 0.25) is 5.95 Å². The van der Waals surface area contributed by atoms with Crippen LogP contribution in [0.5, 0.6) is 5.75 Å². The Labute approximate surface area is 184 Å². The van der Waals surface area contributed by atoms with Crippen molar-refractivity contribution in [3.8, 4) is 5.75 Å². The molecule has 1 atom stereocenters. The van der Waals surface area contributed by atoms with Crippen LogP contribution < -0.4 is 15.8 Å². The number of hydrogen-bond donors (Lipinski definition) is 2. The first-order valence-electron chi connectivity index (χ1n) is 10.5. The fourth-order valence-corrected chi connectivity index (χ4v) is 4.47. The molecule has 158 valence electrons.